The number of hydrogen-bond acceptors (Lipinski definition) is 11. The molecule has 0 radical (unpaired) electrons. The minimum Gasteiger partial charge on any atom is -0.489 e. The summed E-state index contributed by atoms with van der Waals surface area (Å²) in [4.78, 5) is 17.4. The van der Waals surface area contributed by atoms with Crippen molar-refractivity contribution in [2.75, 3.05) is 49.7 Å². The monoisotopic (exact) mass is 734 g/mol. The second-order valence-electron chi connectivity index (χ2n) is 12.5. The van der Waals surface area contributed by atoms with Crippen LogP contribution in [0.2, 0.25) is 5.02 Å². The molecule has 2 fully saturated rings. The molecule has 3 unspecified atom stereocenters. The van der Waals surface area contributed by atoms with Crippen molar-refractivity contribution in [3.8, 4) is 29.0 Å². The van der Waals surface area contributed by atoms with Crippen molar-refractivity contribution in [2.24, 2.45) is 0 Å². The fourth-order valence-corrected chi connectivity index (χ4v) is 8.59. The number of hydrogen-bond donors (Lipinski definition) is 2. The molecule has 0 saturated carbocycles. The van der Waals surface area contributed by atoms with Crippen molar-refractivity contribution >= 4 is 60.6 Å². The van der Waals surface area contributed by atoms with Crippen LogP contribution in [0, 0.1) is 23.0 Å². The van der Waals surface area contributed by atoms with Crippen molar-refractivity contribution in [3.05, 3.63) is 70.4 Å². The van der Waals surface area contributed by atoms with Gasteiger partial charge in [-0.25, -0.2) is 18.2 Å². The molecule has 2 saturated heterocycles. The Morgan fingerprint density at radius 1 is 1.20 bits per heavy atom. The topological polar surface area (TPSA) is 139 Å². The molecule has 3 aliphatic heterocycles. The largest absolute Gasteiger partial charge is 0.489 e. The normalized spacial score (nSPS) is 19.0. The maximum atomic E-state index is 16.8. The smallest absolute Gasteiger partial charge is 0.318 e. The average Bonchev–Trinajstić information content (AvgIpc) is 3.77. The number of thiophene rings is 1. The molecule has 51 heavy (non-hydrogen) atoms. The number of nitrogens with two attached hydrogens (primary N) is 2. The van der Waals surface area contributed by atoms with E-state index in [1.54, 1.807) is 12.3 Å². The van der Waals surface area contributed by atoms with Crippen LogP contribution in [0.5, 0.6) is 11.8 Å². The summed E-state index contributed by atoms with van der Waals surface area (Å²) in [5.41, 5.74) is 13.0. The Kier molecular flexibility index (Phi) is 9.54. The van der Waals surface area contributed by atoms with Crippen LogP contribution in [0.3, 0.4) is 0 Å². The van der Waals surface area contributed by atoms with Crippen molar-refractivity contribution in [3.63, 3.8) is 0 Å². The zero-order chi connectivity index (χ0) is 36.0. The van der Waals surface area contributed by atoms with Gasteiger partial charge in [-0.3, -0.25) is 4.90 Å². The summed E-state index contributed by atoms with van der Waals surface area (Å²) in [6, 6.07) is 8.25. The van der Waals surface area contributed by atoms with Crippen molar-refractivity contribution in [1.82, 2.24) is 19.9 Å². The van der Waals surface area contributed by atoms with Gasteiger partial charge in [0, 0.05) is 35.3 Å². The number of aromatic nitrogens is 3. The Morgan fingerprint density at radius 3 is 2.75 bits per heavy atom. The molecular formula is C36H34ClF3N8O2S. The zero-order valence-corrected chi connectivity index (χ0v) is 29.4. The van der Waals surface area contributed by atoms with Gasteiger partial charge in [0.15, 0.2) is 11.6 Å². The first-order valence-electron chi connectivity index (χ1n) is 16.4. The highest BCUT2D eigenvalue weighted by atomic mass is 35.5. The number of fused-ring (bicyclic) bond motifs is 2. The first kappa shape index (κ1) is 34.6. The minimum atomic E-state index is -0.823. The number of nitriles is 1. The fourth-order valence-electron chi connectivity index (χ4n) is 7.30. The number of methoxy groups -OCH3 is 1. The van der Waals surface area contributed by atoms with Crippen molar-refractivity contribution in [2.45, 2.75) is 44.4 Å². The molecule has 2 aromatic carbocycles. The summed E-state index contributed by atoms with van der Waals surface area (Å²) < 4.78 is 55.9. The van der Waals surface area contributed by atoms with E-state index in [1.807, 2.05) is 36.1 Å². The maximum Gasteiger partial charge on any atom is 0.318 e. The molecular weight excluding hydrogens is 701 g/mol. The Hall–Kier alpha value is -4.84. The van der Waals surface area contributed by atoms with Gasteiger partial charge in [0.05, 0.1) is 40.4 Å². The number of nitrogen functional groups attached to an aromatic ring is 2. The lowest BCUT2D eigenvalue weighted by Gasteiger charge is -2.31. The van der Waals surface area contributed by atoms with E-state index in [4.69, 9.17) is 32.5 Å². The standard InChI is InChI=1S/C29H22ClF2N7O2S.C7H12FN/c1-3-5-17(13-6-4-9-36-26(13)34)39-10-11-41-24-20-23(37-29(40-2)38-28(20)39)22(32)19(21(24)30)14-7-8-16(31)25-18(14)15(12-33)27(35)42-25;8-6-4-7-2-1-3-9(7)5-6/h3-9,17H,10-11,35H2,1-2H3,(H2,34,36);6-7H,1-5H2/b5-3+;. The van der Waals surface area contributed by atoms with Crippen molar-refractivity contribution in [1.29, 1.82) is 5.26 Å². The predicted octanol–water partition coefficient (Wildman–Crippen LogP) is 7.59. The number of halogens is 4. The third-order valence-corrected chi connectivity index (χ3v) is 10.9. The number of ether oxygens (including phenoxy) is 2. The number of pyridine rings is 1. The highest BCUT2D eigenvalue weighted by molar-refractivity contribution is 7.23. The number of anilines is 3. The SMILES string of the molecule is C/C=C/C(c1cccnc1N)N1CCOc2c(Cl)c(-c3ccc(F)c4sc(N)c(C#N)c34)c(F)c3nc(OC)nc1c23.FC1CC2CCCN2C1. The molecule has 15 heteroatoms. The summed E-state index contributed by atoms with van der Waals surface area (Å²) in [5.74, 6) is -0.640. The van der Waals surface area contributed by atoms with Crippen LogP contribution in [0.1, 0.15) is 43.4 Å². The third kappa shape index (κ3) is 6.03. The number of nitrogens with zero attached hydrogens (tertiary/aromatic N) is 6. The van der Waals surface area contributed by atoms with Gasteiger partial charge in [0.2, 0.25) is 0 Å². The first-order chi connectivity index (χ1) is 24.7. The molecule has 10 nitrogen and oxygen atoms in total. The van der Waals surface area contributed by atoms with Gasteiger partial charge in [-0.15, -0.1) is 11.3 Å². The quantitative estimate of drug-likeness (QED) is 0.174. The fraction of sp³-hybridized carbons (Fsp3) is 0.333. The highest BCUT2D eigenvalue weighted by Crippen LogP contribution is 2.51. The van der Waals surface area contributed by atoms with Crippen molar-refractivity contribution < 1.29 is 22.6 Å². The van der Waals surface area contributed by atoms with Crippen LogP contribution in [0.4, 0.5) is 29.8 Å². The van der Waals surface area contributed by atoms with E-state index < -0.39 is 23.8 Å². The molecule has 0 aliphatic carbocycles. The Labute approximate surface area is 301 Å². The number of allylic oxidation sites excluding steroid dienone is 1. The minimum absolute atomic E-state index is 0.0298. The van der Waals surface area contributed by atoms with Crippen LogP contribution in [0.25, 0.3) is 32.1 Å². The Balaban J connectivity index is 0.000000389. The van der Waals surface area contributed by atoms with E-state index in [9.17, 15) is 14.0 Å². The molecule has 0 amide bonds. The molecule has 5 aromatic rings. The molecule has 0 spiro atoms. The highest BCUT2D eigenvalue weighted by Gasteiger charge is 2.35. The summed E-state index contributed by atoms with van der Waals surface area (Å²) >= 11 is 7.84. The van der Waals surface area contributed by atoms with Gasteiger partial charge in [0.25, 0.3) is 0 Å². The van der Waals surface area contributed by atoms with Gasteiger partial charge < -0.3 is 25.8 Å². The van der Waals surface area contributed by atoms with Crippen LogP contribution >= 0.6 is 22.9 Å². The molecule has 3 aromatic heterocycles. The summed E-state index contributed by atoms with van der Waals surface area (Å²) in [7, 11) is 1.38. The lowest BCUT2D eigenvalue weighted by molar-refractivity contribution is 0.292. The summed E-state index contributed by atoms with van der Waals surface area (Å²) in [5, 5.41) is 10.2. The number of rotatable bonds is 5. The van der Waals surface area contributed by atoms with E-state index in [2.05, 4.69) is 19.9 Å². The zero-order valence-electron chi connectivity index (χ0n) is 27.8. The summed E-state index contributed by atoms with van der Waals surface area (Å²) in [6.45, 7) is 4.17. The molecule has 8 rings (SSSR count). The van der Waals surface area contributed by atoms with Gasteiger partial charge in [-0.05, 0) is 50.4 Å². The molecule has 4 N–H and O–H groups in total. The molecule has 0 bridgehead atoms. The lowest BCUT2D eigenvalue weighted by atomic mass is 9.96. The molecule has 3 aliphatic rings. The second kappa shape index (κ2) is 14.1. The third-order valence-electron chi connectivity index (χ3n) is 9.54. The van der Waals surface area contributed by atoms with Gasteiger partial charge in [-0.1, -0.05) is 35.9 Å². The predicted molar refractivity (Wildman–Crippen MR) is 194 cm³/mol. The number of alkyl halides is 1. The molecule has 6 heterocycles. The van der Waals surface area contributed by atoms with Crippen LogP contribution in [-0.2, 0) is 0 Å². The van der Waals surface area contributed by atoms with E-state index in [1.165, 1.54) is 32.1 Å². The lowest BCUT2D eigenvalue weighted by Crippen LogP contribution is -2.32. The Morgan fingerprint density at radius 2 is 2.02 bits per heavy atom. The summed E-state index contributed by atoms with van der Waals surface area (Å²) in [6.07, 6.45) is 8.20. The molecule has 264 valence electrons. The van der Waals surface area contributed by atoms with E-state index >= 15 is 4.39 Å². The second-order valence-corrected chi connectivity index (χ2v) is 13.9. The molecule has 3 atom stereocenters. The Bertz CT molecular complexity index is 2220. The maximum absolute atomic E-state index is 16.8. The van der Waals surface area contributed by atoms with E-state index in [0.717, 1.165) is 24.3 Å². The van der Waals surface area contributed by atoms with E-state index in [-0.39, 0.29) is 66.1 Å². The van der Waals surface area contributed by atoms with Gasteiger partial charge in [0.1, 0.15) is 46.8 Å². The van der Waals surface area contributed by atoms with E-state index in [0.29, 0.717) is 36.3 Å². The van der Waals surface area contributed by atoms with Gasteiger partial charge >= 0.3 is 6.01 Å². The van der Waals surface area contributed by atoms with Crippen LogP contribution < -0.4 is 25.8 Å². The van der Waals surface area contributed by atoms with Crippen LogP contribution in [-0.4, -0.2) is 65.4 Å². The number of benzene rings is 2. The van der Waals surface area contributed by atoms with Crippen LogP contribution in [0.15, 0.2) is 42.6 Å². The first-order valence-corrected chi connectivity index (χ1v) is 17.6. The average molecular weight is 735 g/mol. The van der Waals surface area contributed by atoms with Gasteiger partial charge in [-0.2, -0.15) is 15.2 Å².